The Balaban J connectivity index is 1.70. The lowest BCUT2D eigenvalue weighted by molar-refractivity contribution is 0.0819. The van der Waals surface area contributed by atoms with Crippen molar-refractivity contribution in [1.82, 2.24) is 4.90 Å². The van der Waals surface area contributed by atoms with E-state index in [1.165, 1.54) is 0 Å². The summed E-state index contributed by atoms with van der Waals surface area (Å²) in [6, 6.07) is 13.2. The second-order valence-electron chi connectivity index (χ2n) is 6.88. The number of carbonyl (C=O) groups excluding carboxylic acids is 1. The first-order valence-electron chi connectivity index (χ1n) is 9.20. The van der Waals surface area contributed by atoms with E-state index in [9.17, 15) is 13.2 Å². The highest BCUT2D eigenvalue weighted by Crippen LogP contribution is 2.20. The van der Waals surface area contributed by atoms with Crippen LogP contribution in [0, 0.1) is 0 Å². The van der Waals surface area contributed by atoms with Gasteiger partial charge in [-0.05, 0) is 54.8 Å². The number of hydrogen-bond donors (Lipinski definition) is 1. The van der Waals surface area contributed by atoms with Crippen molar-refractivity contribution in [3.8, 4) is 5.75 Å². The molecule has 1 heterocycles. The fourth-order valence-electron chi connectivity index (χ4n) is 3.03. The maximum absolute atomic E-state index is 12.9. The molecule has 3 rings (SSSR count). The maximum Gasteiger partial charge on any atom is 0.322 e. The molecule has 1 atom stereocenters. The van der Waals surface area contributed by atoms with E-state index in [0.717, 1.165) is 24.7 Å². The Morgan fingerprint density at radius 1 is 1.21 bits per heavy atom. The van der Waals surface area contributed by atoms with Gasteiger partial charge in [-0.3, -0.25) is 0 Å². The van der Waals surface area contributed by atoms with Gasteiger partial charge in [0.2, 0.25) is 0 Å². The molecule has 1 N–H and O–H groups in total. The molecule has 0 aromatic heterocycles. The lowest BCUT2D eigenvalue weighted by atomic mass is 10.2. The fourth-order valence-corrected chi connectivity index (χ4v) is 3.62. The Hall–Kier alpha value is -2.29. The topological polar surface area (TPSA) is 84.9 Å². The Morgan fingerprint density at radius 2 is 1.90 bits per heavy atom. The van der Waals surface area contributed by atoms with Crippen molar-refractivity contribution in [2.45, 2.75) is 25.5 Å². The molecule has 29 heavy (non-hydrogen) atoms. The van der Waals surface area contributed by atoms with E-state index in [4.69, 9.17) is 20.5 Å². The second-order valence-corrected chi connectivity index (χ2v) is 8.90. The van der Waals surface area contributed by atoms with Gasteiger partial charge < -0.3 is 19.1 Å². The third-order valence-electron chi connectivity index (χ3n) is 4.38. The Labute approximate surface area is 175 Å². The maximum atomic E-state index is 12.9. The molecule has 0 saturated carbocycles. The van der Waals surface area contributed by atoms with Crippen LogP contribution in [0.25, 0.3) is 0 Å². The summed E-state index contributed by atoms with van der Waals surface area (Å²) >= 11 is 5.90. The van der Waals surface area contributed by atoms with Gasteiger partial charge in [0.25, 0.3) is 0 Å². The summed E-state index contributed by atoms with van der Waals surface area (Å²) in [4.78, 5) is 14.5. The minimum Gasteiger partial charge on any atom is -0.383 e. The van der Waals surface area contributed by atoms with Crippen molar-refractivity contribution in [1.29, 1.82) is 0 Å². The van der Waals surface area contributed by atoms with Gasteiger partial charge in [-0.1, -0.05) is 23.7 Å². The van der Waals surface area contributed by atoms with Crippen LogP contribution in [-0.4, -0.2) is 44.9 Å². The van der Waals surface area contributed by atoms with Crippen molar-refractivity contribution in [3.05, 3.63) is 59.1 Å². The van der Waals surface area contributed by atoms with Crippen molar-refractivity contribution in [2.24, 2.45) is 0 Å². The lowest BCUT2D eigenvalue weighted by Crippen LogP contribution is -2.39. The second kappa shape index (κ2) is 9.47. The average Bonchev–Trinajstić information content (AvgIpc) is 3.16. The first-order chi connectivity index (χ1) is 13.8. The zero-order valence-electron chi connectivity index (χ0n) is 16.0. The van der Waals surface area contributed by atoms with E-state index in [1.54, 1.807) is 53.4 Å². The Kier molecular flexibility index (Phi) is 7.00. The zero-order chi connectivity index (χ0) is 20.9. The van der Waals surface area contributed by atoms with Crippen LogP contribution in [0.3, 0.4) is 0 Å². The number of amides is 2. The molecule has 0 bridgehead atoms. The molecule has 2 aromatic carbocycles. The Morgan fingerprint density at radius 3 is 2.48 bits per heavy atom. The van der Waals surface area contributed by atoms with Gasteiger partial charge in [0.1, 0.15) is 5.75 Å². The number of nitrogens with zero attached hydrogens (tertiary/aromatic N) is 1. The normalized spacial score (nSPS) is 16.4. The molecule has 0 aliphatic carbocycles. The number of urea groups is 1. The van der Waals surface area contributed by atoms with Crippen molar-refractivity contribution >= 4 is 33.4 Å². The SMILES string of the molecule is CS(=O)(=O)Oc1ccc(CN(C[C@@H]2CCCO2)C(=O)Nc2ccc(Cl)cc2)cc1. The number of benzene rings is 2. The van der Waals surface area contributed by atoms with Gasteiger partial charge in [0, 0.05) is 30.4 Å². The van der Waals surface area contributed by atoms with Gasteiger partial charge in [0.15, 0.2) is 0 Å². The number of rotatable bonds is 7. The zero-order valence-corrected chi connectivity index (χ0v) is 17.6. The molecule has 1 saturated heterocycles. The quantitative estimate of drug-likeness (QED) is 0.663. The van der Waals surface area contributed by atoms with Crippen molar-refractivity contribution < 1.29 is 22.1 Å². The van der Waals surface area contributed by atoms with E-state index in [-0.39, 0.29) is 17.9 Å². The average molecular weight is 439 g/mol. The van der Waals surface area contributed by atoms with Crippen LogP contribution in [0.5, 0.6) is 5.75 Å². The number of hydrogen-bond acceptors (Lipinski definition) is 5. The first-order valence-corrected chi connectivity index (χ1v) is 11.4. The van der Waals surface area contributed by atoms with E-state index >= 15 is 0 Å². The smallest absolute Gasteiger partial charge is 0.322 e. The highest BCUT2D eigenvalue weighted by atomic mass is 35.5. The van der Waals surface area contributed by atoms with E-state index in [1.807, 2.05) is 0 Å². The van der Waals surface area contributed by atoms with Crippen LogP contribution in [0.1, 0.15) is 18.4 Å². The summed E-state index contributed by atoms with van der Waals surface area (Å²) in [5.74, 6) is 0.229. The third kappa shape index (κ3) is 6.92. The molecule has 1 aliphatic rings. The molecule has 0 unspecified atom stereocenters. The highest BCUT2D eigenvalue weighted by Gasteiger charge is 2.23. The van der Waals surface area contributed by atoms with Crippen molar-refractivity contribution in [2.75, 3.05) is 24.7 Å². The first kappa shape index (κ1) is 21.4. The van der Waals surface area contributed by atoms with Crippen LogP contribution in [0.15, 0.2) is 48.5 Å². The predicted molar refractivity (Wildman–Crippen MR) is 112 cm³/mol. The number of nitrogens with one attached hydrogen (secondary N) is 1. The predicted octanol–water partition coefficient (Wildman–Crippen LogP) is 3.89. The van der Waals surface area contributed by atoms with Crippen LogP contribution in [0.2, 0.25) is 5.02 Å². The van der Waals surface area contributed by atoms with Crippen LogP contribution < -0.4 is 9.50 Å². The minimum atomic E-state index is -3.58. The summed E-state index contributed by atoms with van der Waals surface area (Å²) in [6.07, 6.45) is 2.88. The molecule has 2 aromatic rings. The molecule has 1 aliphatic heterocycles. The fraction of sp³-hybridized carbons (Fsp3) is 0.350. The summed E-state index contributed by atoms with van der Waals surface area (Å²) < 4.78 is 33.0. The van der Waals surface area contributed by atoms with Gasteiger partial charge in [-0.2, -0.15) is 8.42 Å². The van der Waals surface area contributed by atoms with E-state index < -0.39 is 10.1 Å². The largest absolute Gasteiger partial charge is 0.383 e. The molecule has 156 valence electrons. The molecular formula is C20H23ClN2O5S. The van der Waals surface area contributed by atoms with Crippen LogP contribution in [0.4, 0.5) is 10.5 Å². The van der Waals surface area contributed by atoms with Gasteiger partial charge in [-0.15, -0.1) is 0 Å². The number of ether oxygens (including phenoxy) is 1. The van der Waals surface area contributed by atoms with Crippen LogP contribution >= 0.6 is 11.6 Å². The standard InChI is InChI=1S/C20H23ClN2O5S/c1-29(25,26)28-18-10-4-15(5-11-18)13-23(14-19-3-2-12-27-19)20(24)22-17-8-6-16(21)7-9-17/h4-11,19H,2-3,12-14H2,1H3,(H,22,24)/t19-/m0/s1. The molecule has 2 amide bonds. The number of anilines is 1. The summed E-state index contributed by atoms with van der Waals surface area (Å²) in [5, 5.41) is 3.47. The monoisotopic (exact) mass is 438 g/mol. The minimum absolute atomic E-state index is 0.00110. The third-order valence-corrected chi connectivity index (χ3v) is 5.12. The van der Waals surface area contributed by atoms with Gasteiger partial charge in [0.05, 0.1) is 12.4 Å². The summed E-state index contributed by atoms with van der Waals surface area (Å²) in [6.45, 7) is 1.51. The molecule has 0 radical (unpaired) electrons. The molecule has 0 spiro atoms. The molecule has 9 heteroatoms. The summed E-state index contributed by atoms with van der Waals surface area (Å²) in [5.41, 5.74) is 1.49. The number of carbonyl (C=O) groups is 1. The van der Waals surface area contributed by atoms with E-state index in [0.29, 0.717) is 30.4 Å². The Bertz CT molecular complexity index is 926. The van der Waals surface area contributed by atoms with Crippen LogP contribution in [-0.2, 0) is 21.4 Å². The number of halogens is 1. The lowest BCUT2D eigenvalue weighted by Gasteiger charge is -2.26. The highest BCUT2D eigenvalue weighted by molar-refractivity contribution is 7.86. The van der Waals surface area contributed by atoms with Gasteiger partial charge in [-0.25, -0.2) is 4.79 Å². The molecule has 1 fully saturated rings. The van der Waals surface area contributed by atoms with E-state index in [2.05, 4.69) is 5.32 Å². The van der Waals surface area contributed by atoms with Crippen molar-refractivity contribution in [3.63, 3.8) is 0 Å². The summed E-state index contributed by atoms with van der Waals surface area (Å²) in [7, 11) is -3.58. The molecule has 7 nitrogen and oxygen atoms in total. The molecular weight excluding hydrogens is 416 g/mol. The van der Waals surface area contributed by atoms with Gasteiger partial charge >= 0.3 is 16.1 Å².